The molecule has 108 valence electrons. The summed E-state index contributed by atoms with van der Waals surface area (Å²) in [7, 11) is 0. The maximum Gasteiger partial charge on any atom is 0.282 e. The number of carbonyl (C=O) groups is 1. The van der Waals surface area contributed by atoms with Crippen LogP contribution in [0, 0.1) is 16.0 Å². The van der Waals surface area contributed by atoms with E-state index in [1.165, 1.54) is 18.2 Å². The molecule has 2 unspecified atom stereocenters. The maximum atomic E-state index is 12.1. The summed E-state index contributed by atoms with van der Waals surface area (Å²) in [5.41, 5.74) is -0.222. The molecule has 0 spiro atoms. The van der Waals surface area contributed by atoms with E-state index in [0.717, 1.165) is 19.3 Å². The van der Waals surface area contributed by atoms with E-state index in [0.29, 0.717) is 22.3 Å². The zero-order valence-corrected chi connectivity index (χ0v) is 13.0. The highest BCUT2D eigenvalue weighted by Gasteiger charge is 2.26. The second kappa shape index (κ2) is 6.54. The molecule has 2 atom stereocenters. The number of alkyl halides is 1. The summed E-state index contributed by atoms with van der Waals surface area (Å²) in [6.45, 7) is 0.512. The predicted octanol–water partition coefficient (Wildman–Crippen LogP) is 3.54. The van der Waals surface area contributed by atoms with Crippen LogP contribution in [0.1, 0.15) is 29.6 Å². The zero-order chi connectivity index (χ0) is 14.7. The number of nitrogens with one attached hydrogen (secondary N) is 1. The van der Waals surface area contributed by atoms with Crippen molar-refractivity contribution < 1.29 is 9.72 Å². The van der Waals surface area contributed by atoms with E-state index in [-0.39, 0.29) is 11.3 Å². The first kappa shape index (κ1) is 15.3. The highest BCUT2D eigenvalue weighted by Crippen LogP contribution is 2.31. The molecule has 0 aliphatic heterocycles. The van der Waals surface area contributed by atoms with Gasteiger partial charge in [0.15, 0.2) is 0 Å². The molecule has 1 aromatic rings. The molecule has 1 aliphatic carbocycles. The van der Waals surface area contributed by atoms with Gasteiger partial charge in [-0.3, -0.25) is 14.9 Å². The molecular weight excluding hydrogens is 348 g/mol. The fourth-order valence-electron chi connectivity index (χ4n) is 2.39. The van der Waals surface area contributed by atoms with Gasteiger partial charge in [-0.15, -0.1) is 0 Å². The van der Waals surface area contributed by atoms with E-state index >= 15 is 0 Å². The van der Waals surface area contributed by atoms with Gasteiger partial charge < -0.3 is 5.32 Å². The summed E-state index contributed by atoms with van der Waals surface area (Å²) < 4.78 is 0. The van der Waals surface area contributed by atoms with Crippen LogP contribution in [-0.4, -0.2) is 22.2 Å². The van der Waals surface area contributed by atoms with Gasteiger partial charge in [-0.1, -0.05) is 34.0 Å². The Morgan fingerprint density at radius 1 is 1.50 bits per heavy atom. The Morgan fingerprint density at radius 3 is 2.85 bits per heavy atom. The van der Waals surface area contributed by atoms with E-state index in [2.05, 4.69) is 21.2 Å². The molecule has 1 fully saturated rings. The van der Waals surface area contributed by atoms with Crippen LogP contribution in [0.2, 0.25) is 5.02 Å². The number of nitrogens with zero attached hydrogens (tertiary/aromatic N) is 1. The van der Waals surface area contributed by atoms with E-state index in [1.54, 1.807) is 0 Å². The van der Waals surface area contributed by atoms with Gasteiger partial charge in [-0.2, -0.15) is 0 Å². The lowest BCUT2D eigenvalue weighted by Gasteiger charge is -2.14. The lowest BCUT2D eigenvalue weighted by molar-refractivity contribution is -0.385. The number of hydrogen-bond donors (Lipinski definition) is 1. The van der Waals surface area contributed by atoms with Crippen LogP contribution in [-0.2, 0) is 0 Å². The number of nitro groups is 1. The smallest absolute Gasteiger partial charge is 0.282 e. The van der Waals surface area contributed by atoms with E-state index in [1.807, 2.05) is 0 Å². The van der Waals surface area contributed by atoms with Crippen molar-refractivity contribution in [2.75, 3.05) is 6.54 Å². The number of benzene rings is 1. The molecule has 5 nitrogen and oxygen atoms in total. The highest BCUT2D eigenvalue weighted by molar-refractivity contribution is 9.09. The Morgan fingerprint density at radius 2 is 2.25 bits per heavy atom. The van der Waals surface area contributed by atoms with Gasteiger partial charge in [-0.25, -0.2) is 0 Å². The molecule has 7 heteroatoms. The monoisotopic (exact) mass is 360 g/mol. The Bertz CT molecular complexity index is 538. The van der Waals surface area contributed by atoms with Gasteiger partial charge in [0.1, 0.15) is 5.56 Å². The van der Waals surface area contributed by atoms with Crippen LogP contribution < -0.4 is 5.32 Å². The number of halogens is 2. The SMILES string of the molecule is O=C(NCC1CCCC1Br)c1cc(Cl)ccc1[N+](=O)[O-]. The average molecular weight is 362 g/mol. The van der Waals surface area contributed by atoms with Crippen molar-refractivity contribution in [1.29, 1.82) is 0 Å². The lowest BCUT2D eigenvalue weighted by Crippen LogP contribution is -2.31. The Kier molecular flexibility index (Phi) is 4.99. The van der Waals surface area contributed by atoms with Crippen LogP contribution in [0.5, 0.6) is 0 Å². The Labute approximate surface area is 130 Å². The molecule has 0 saturated heterocycles. The van der Waals surface area contributed by atoms with Gasteiger partial charge >= 0.3 is 0 Å². The standard InChI is InChI=1S/C13H14BrClN2O3/c14-11-3-1-2-8(11)7-16-13(18)10-6-9(15)4-5-12(10)17(19)20/h4-6,8,11H,1-3,7H2,(H,16,18). The normalized spacial score (nSPS) is 21.7. The van der Waals surface area contributed by atoms with Gasteiger partial charge in [0.2, 0.25) is 0 Å². The molecule has 1 amide bonds. The minimum atomic E-state index is -0.575. The van der Waals surface area contributed by atoms with Gasteiger partial charge in [0.05, 0.1) is 4.92 Å². The number of nitro benzene ring substituents is 1. The second-order valence-corrected chi connectivity index (χ2v) is 6.45. The molecule has 1 saturated carbocycles. The van der Waals surface area contributed by atoms with Crippen LogP contribution in [0.25, 0.3) is 0 Å². The zero-order valence-electron chi connectivity index (χ0n) is 10.6. The molecule has 2 rings (SSSR count). The summed E-state index contributed by atoms with van der Waals surface area (Å²) in [6.07, 6.45) is 3.28. The first-order valence-corrected chi connectivity index (χ1v) is 7.64. The summed E-state index contributed by atoms with van der Waals surface area (Å²) in [5.74, 6) is -0.0806. The number of amides is 1. The van der Waals surface area contributed by atoms with E-state index < -0.39 is 10.8 Å². The van der Waals surface area contributed by atoms with Crippen molar-refractivity contribution in [2.45, 2.75) is 24.1 Å². The van der Waals surface area contributed by atoms with Crippen molar-refractivity contribution in [3.63, 3.8) is 0 Å². The molecular formula is C13H14BrClN2O3. The Balaban J connectivity index is 2.08. The van der Waals surface area contributed by atoms with Crippen LogP contribution in [0.3, 0.4) is 0 Å². The fraction of sp³-hybridized carbons (Fsp3) is 0.462. The largest absolute Gasteiger partial charge is 0.351 e. The van der Waals surface area contributed by atoms with Gasteiger partial charge in [0, 0.05) is 22.5 Å². The average Bonchev–Trinajstić information content (AvgIpc) is 2.81. The first-order chi connectivity index (χ1) is 9.49. The summed E-state index contributed by atoms with van der Waals surface area (Å²) >= 11 is 9.39. The number of carbonyl (C=O) groups excluding carboxylic acids is 1. The predicted molar refractivity (Wildman–Crippen MR) is 80.5 cm³/mol. The third-order valence-corrected chi connectivity index (χ3v) is 4.93. The highest BCUT2D eigenvalue weighted by atomic mass is 79.9. The molecule has 1 aliphatic rings. The lowest BCUT2D eigenvalue weighted by atomic mass is 10.1. The molecule has 0 bridgehead atoms. The molecule has 1 N–H and O–H groups in total. The van der Waals surface area contributed by atoms with E-state index in [9.17, 15) is 14.9 Å². The Hall–Kier alpha value is -1.14. The molecule has 1 aromatic carbocycles. The quantitative estimate of drug-likeness (QED) is 0.506. The number of rotatable bonds is 4. The van der Waals surface area contributed by atoms with Crippen molar-refractivity contribution in [2.24, 2.45) is 5.92 Å². The minimum Gasteiger partial charge on any atom is -0.351 e. The molecule has 0 radical (unpaired) electrons. The third-order valence-electron chi connectivity index (χ3n) is 3.49. The second-order valence-electron chi connectivity index (χ2n) is 4.84. The van der Waals surface area contributed by atoms with Crippen LogP contribution in [0.15, 0.2) is 18.2 Å². The molecule has 0 heterocycles. The maximum absolute atomic E-state index is 12.1. The van der Waals surface area contributed by atoms with E-state index in [4.69, 9.17) is 11.6 Å². The van der Waals surface area contributed by atoms with Crippen LogP contribution >= 0.6 is 27.5 Å². The minimum absolute atomic E-state index is 0.00613. The topological polar surface area (TPSA) is 72.2 Å². The first-order valence-electron chi connectivity index (χ1n) is 6.35. The summed E-state index contributed by atoms with van der Waals surface area (Å²) in [4.78, 5) is 22.8. The van der Waals surface area contributed by atoms with Crippen molar-refractivity contribution in [3.05, 3.63) is 38.9 Å². The van der Waals surface area contributed by atoms with Gasteiger partial charge in [0.25, 0.3) is 11.6 Å². The van der Waals surface area contributed by atoms with Crippen LogP contribution in [0.4, 0.5) is 5.69 Å². The summed E-state index contributed by atoms with van der Waals surface area (Å²) in [5, 5.41) is 14.0. The van der Waals surface area contributed by atoms with Crippen molar-refractivity contribution in [1.82, 2.24) is 5.32 Å². The van der Waals surface area contributed by atoms with Crippen molar-refractivity contribution in [3.8, 4) is 0 Å². The van der Waals surface area contributed by atoms with Crippen molar-refractivity contribution >= 4 is 39.1 Å². The number of hydrogen-bond acceptors (Lipinski definition) is 3. The molecule has 20 heavy (non-hydrogen) atoms. The van der Waals surface area contributed by atoms with Gasteiger partial charge in [-0.05, 0) is 30.9 Å². The summed E-state index contributed by atoms with van der Waals surface area (Å²) in [6, 6.07) is 3.98. The molecule has 0 aromatic heterocycles. The fourth-order valence-corrected chi connectivity index (χ4v) is 3.34. The third kappa shape index (κ3) is 3.49.